The summed E-state index contributed by atoms with van der Waals surface area (Å²) in [5, 5.41) is 3.25. The Labute approximate surface area is 146 Å². The summed E-state index contributed by atoms with van der Waals surface area (Å²) in [4.78, 5) is 18.9. The number of hydrogen-bond donors (Lipinski definition) is 1. The second-order valence-corrected chi connectivity index (χ2v) is 7.25. The average molecular weight is 369 g/mol. The van der Waals surface area contributed by atoms with Crippen molar-refractivity contribution in [2.24, 2.45) is 0 Å². The minimum atomic E-state index is -3.65. The van der Waals surface area contributed by atoms with Crippen molar-refractivity contribution in [3.63, 3.8) is 0 Å². The van der Waals surface area contributed by atoms with E-state index in [-0.39, 0.29) is 23.4 Å². The van der Waals surface area contributed by atoms with Crippen LogP contribution in [-0.4, -0.2) is 41.2 Å². The van der Waals surface area contributed by atoms with Crippen LogP contribution in [0.5, 0.6) is 11.5 Å². The molecule has 0 spiro atoms. The van der Waals surface area contributed by atoms with Crippen molar-refractivity contribution in [1.82, 2.24) is 9.88 Å². The Morgan fingerprint density at radius 1 is 1.28 bits per heavy atom. The first-order chi connectivity index (χ1) is 11.9. The molecule has 9 heteroatoms. The predicted molar refractivity (Wildman–Crippen MR) is 89.3 cm³/mol. The fraction of sp³-hybridized carbons (Fsp3) is 0.500. The van der Waals surface area contributed by atoms with Gasteiger partial charge in [-0.2, -0.15) is 0 Å². The summed E-state index contributed by atoms with van der Waals surface area (Å²) in [5.41, 5.74) is 0.478. The number of ether oxygens (including phenoxy) is 2. The summed E-state index contributed by atoms with van der Waals surface area (Å²) in [7, 11) is 0. The van der Waals surface area contributed by atoms with Gasteiger partial charge in [0.05, 0.1) is 16.3 Å². The van der Waals surface area contributed by atoms with Crippen molar-refractivity contribution in [2.45, 2.75) is 38.5 Å². The number of hydrogen-bond acceptors (Lipinski definition) is 6. The lowest BCUT2D eigenvalue weighted by molar-refractivity contribution is -0.286. The number of aromatic nitrogens is 1. The molecule has 2 aliphatic heterocycles. The van der Waals surface area contributed by atoms with E-state index in [2.05, 4.69) is 24.7 Å². The summed E-state index contributed by atoms with van der Waals surface area (Å²) in [6.07, 6.45) is -0.229. The molecular formula is C16H17F2N3O3S. The van der Waals surface area contributed by atoms with Gasteiger partial charge in [-0.05, 0) is 32.9 Å². The first kappa shape index (κ1) is 16.5. The largest absolute Gasteiger partial charge is 0.586 e. The fourth-order valence-electron chi connectivity index (χ4n) is 3.11. The van der Waals surface area contributed by atoms with E-state index in [1.165, 1.54) is 29.9 Å². The van der Waals surface area contributed by atoms with Crippen LogP contribution in [0.25, 0.3) is 10.2 Å². The van der Waals surface area contributed by atoms with Crippen LogP contribution >= 0.6 is 11.3 Å². The van der Waals surface area contributed by atoms with E-state index in [1.807, 2.05) is 6.92 Å². The van der Waals surface area contributed by atoms with Gasteiger partial charge in [-0.1, -0.05) is 17.8 Å². The van der Waals surface area contributed by atoms with Gasteiger partial charge in [0.2, 0.25) is 5.91 Å². The van der Waals surface area contributed by atoms with Gasteiger partial charge in [0.15, 0.2) is 16.6 Å². The highest BCUT2D eigenvalue weighted by Crippen LogP contribution is 2.44. The van der Waals surface area contributed by atoms with Gasteiger partial charge >= 0.3 is 6.29 Å². The number of alkyl halides is 2. The van der Waals surface area contributed by atoms with Gasteiger partial charge in [0, 0.05) is 12.1 Å². The molecule has 2 aliphatic rings. The van der Waals surface area contributed by atoms with Crippen LogP contribution in [0.2, 0.25) is 0 Å². The van der Waals surface area contributed by atoms with E-state index in [0.717, 1.165) is 25.9 Å². The molecule has 3 heterocycles. The number of carbonyl (C=O) groups is 1. The monoisotopic (exact) mass is 369 g/mol. The van der Waals surface area contributed by atoms with E-state index in [9.17, 15) is 13.6 Å². The number of rotatable bonds is 3. The molecule has 1 saturated heterocycles. The van der Waals surface area contributed by atoms with Gasteiger partial charge in [-0.3, -0.25) is 9.69 Å². The summed E-state index contributed by atoms with van der Waals surface area (Å²) in [5.74, 6) is -0.199. The molecule has 1 aromatic heterocycles. The molecule has 4 rings (SSSR count). The second-order valence-electron chi connectivity index (χ2n) is 6.22. The van der Waals surface area contributed by atoms with Crippen molar-refractivity contribution in [3.8, 4) is 11.5 Å². The molecule has 1 N–H and O–H groups in total. The minimum Gasteiger partial charge on any atom is -0.395 e. The third-order valence-corrected chi connectivity index (χ3v) is 5.39. The van der Waals surface area contributed by atoms with Gasteiger partial charge in [0.1, 0.15) is 0 Å². The number of nitrogens with one attached hydrogen (secondary N) is 1. The first-order valence-electron chi connectivity index (χ1n) is 8.17. The lowest BCUT2D eigenvalue weighted by Gasteiger charge is -2.31. The maximum Gasteiger partial charge on any atom is 0.586 e. The first-order valence-corrected chi connectivity index (χ1v) is 8.98. The van der Waals surface area contributed by atoms with Crippen LogP contribution in [0.4, 0.5) is 13.9 Å². The highest BCUT2D eigenvalue weighted by atomic mass is 32.1. The van der Waals surface area contributed by atoms with Crippen LogP contribution in [-0.2, 0) is 4.79 Å². The Kier molecular flexibility index (Phi) is 3.99. The normalized spacial score (nSPS) is 20.6. The molecule has 1 unspecified atom stereocenters. The van der Waals surface area contributed by atoms with Crippen molar-refractivity contribution in [1.29, 1.82) is 0 Å². The van der Waals surface area contributed by atoms with Crippen molar-refractivity contribution < 1.29 is 23.0 Å². The van der Waals surface area contributed by atoms with E-state index in [4.69, 9.17) is 0 Å². The summed E-state index contributed by atoms with van der Waals surface area (Å²) in [6, 6.07) is 2.61. The summed E-state index contributed by atoms with van der Waals surface area (Å²) >= 11 is 1.21. The number of halogens is 2. The molecule has 25 heavy (non-hydrogen) atoms. The molecule has 0 radical (unpaired) electrons. The predicted octanol–water partition coefficient (Wildman–Crippen LogP) is 3.43. The Morgan fingerprint density at radius 2 is 1.96 bits per heavy atom. The molecule has 1 aromatic carbocycles. The molecule has 2 aromatic rings. The van der Waals surface area contributed by atoms with E-state index < -0.39 is 6.29 Å². The number of anilines is 1. The number of benzene rings is 1. The summed E-state index contributed by atoms with van der Waals surface area (Å²) in [6.45, 7) is 3.72. The number of amides is 1. The molecule has 1 fully saturated rings. The number of fused-ring (bicyclic) bond motifs is 2. The molecule has 6 nitrogen and oxygen atoms in total. The number of piperidine rings is 1. The maximum absolute atomic E-state index is 13.1. The fourth-order valence-corrected chi connectivity index (χ4v) is 3.99. The molecule has 1 atom stereocenters. The van der Waals surface area contributed by atoms with Gasteiger partial charge < -0.3 is 14.8 Å². The Morgan fingerprint density at radius 3 is 2.68 bits per heavy atom. The average Bonchev–Trinajstić information content (AvgIpc) is 3.09. The van der Waals surface area contributed by atoms with Crippen LogP contribution in [0.1, 0.15) is 26.2 Å². The molecule has 1 amide bonds. The van der Waals surface area contributed by atoms with Crippen molar-refractivity contribution in [2.75, 3.05) is 18.4 Å². The Hall–Kier alpha value is -2.00. The van der Waals surface area contributed by atoms with Crippen molar-refractivity contribution in [3.05, 3.63) is 12.1 Å². The zero-order valence-corrected chi connectivity index (χ0v) is 14.4. The standard InChI is InChI=1S/C16H17F2N3O3S/c1-9(21-5-3-2-4-6-21)14(22)20-15-19-10-7-11-12(8-13(10)25-15)24-16(17,18)23-11/h7-9H,2-6H2,1H3,(H,19,20,22). The number of likely N-dealkylation sites (tertiary alicyclic amines) is 1. The highest BCUT2D eigenvalue weighted by molar-refractivity contribution is 7.22. The second kappa shape index (κ2) is 6.06. The molecule has 0 saturated carbocycles. The van der Waals surface area contributed by atoms with Crippen LogP contribution in [0, 0.1) is 0 Å². The minimum absolute atomic E-state index is 0.0271. The third-order valence-electron chi connectivity index (χ3n) is 4.46. The van der Waals surface area contributed by atoms with Crippen LogP contribution in [0.15, 0.2) is 12.1 Å². The maximum atomic E-state index is 13.1. The Balaban J connectivity index is 1.50. The lowest BCUT2D eigenvalue weighted by atomic mass is 10.1. The van der Waals surface area contributed by atoms with Crippen LogP contribution < -0.4 is 14.8 Å². The SMILES string of the molecule is CC(C(=O)Nc1nc2cc3c(cc2s1)OC(F)(F)O3)N1CCCCC1. The van der Waals surface area contributed by atoms with Crippen molar-refractivity contribution >= 4 is 32.6 Å². The number of carbonyl (C=O) groups excluding carboxylic acids is 1. The van der Waals surface area contributed by atoms with Gasteiger partial charge in [0.25, 0.3) is 0 Å². The molecule has 0 aliphatic carbocycles. The highest BCUT2D eigenvalue weighted by Gasteiger charge is 2.43. The van der Waals surface area contributed by atoms with E-state index >= 15 is 0 Å². The van der Waals surface area contributed by atoms with Crippen LogP contribution in [0.3, 0.4) is 0 Å². The quantitative estimate of drug-likeness (QED) is 0.898. The number of thiazole rings is 1. The summed E-state index contributed by atoms with van der Waals surface area (Å²) < 4.78 is 35.7. The smallest absolute Gasteiger partial charge is 0.395 e. The molecule has 134 valence electrons. The topological polar surface area (TPSA) is 63.7 Å². The molecule has 0 bridgehead atoms. The zero-order chi connectivity index (χ0) is 17.6. The Bertz CT molecular complexity index is 775. The van der Waals surface area contributed by atoms with Gasteiger partial charge in [-0.25, -0.2) is 4.98 Å². The molecular weight excluding hydrogens is 352 g/mol. The zero-order valence-electron chi connectivity index (χ0n) is 13.6. The van der Waals surface area contributed by atoms with E-state index in [1.54, 1.807) is 0 Å². The lowest BCUT2D eigenvalue weighted by Crippen LogP contribution is -2.44. The number of nitrogens with zero attached hydrogens (tertiary/aromatic N) is 2. The van der Waals surface area contributed by atoms with Gasteiger partial charge in [-0.15, -0.1) is 8.78 Å². The van der Waals surface area contributed by atoms with E-state index in [0.29, 0.717) is 15.3 Å². The third kappa shape index (κ3) is 3.25.